The van der Waals surface area contributed by atoms with E-state index in [4.69, 9.17) is 0 Å². The Labute approximate surface area is 108 Å². The normalized spacial score (nSPS) is 27.0. The molecular formula is C14H31N3. The van der Waals surface area contributed by atoms with Gasteiger partial charge in [0, 0.05) is 38.8 Å². The molecule has 0 aromatic heterocycles. The molecule has 1 aliphatic heterocycles. The number of nitrogens with one attached hydrogen (secondary N) is 1. The van der Waals surface area contributed by atoms with Crippen molar-refractivity contribution in [2.24, 2.45) is 5.41 Å². The lowest BCUT2D eigenvalue weighted by Gasteiger charge is -2.43. The molecule has 3 heteroatoms. The van der Waals surface area contributed by atoms with Gasteiger partial charge in [0.2, 0.25) is 0 Å². The lowest BCUT2D eigenvalue weighted by atomic mass is 9.86. The zero-order valence-electron chi connectivity index (χ0n) is 12.4. The number of hydrogen-bond acceptors (Lipinski definition) is 3. The maximum absolute atomic E-state index is 3.34. The highest BCUT2D eigenvalue weighted by Gasteiger charge is 2.28. The summed E-state index contributed by atoms with van der Waals surface area (Å²) in [6.07, 6.45) is 1.25. The van der Waals surface area contributed by atoms with E-state index in [1.807, 2.05) is 0 Å². The van der Waals surface area contributed by atoms with Crippen molar-refractivity contribution < 1.29 is 0 Å². The van der Waals surface area contributed by atoms with Crippen molar-refractivity contribution in [3.8, 4) is 0 Å². The third-order valence-corrected chi connectivity index (χ3v) is 4.32. The molecule has 1 aliphatic rings. The molecule has 2 atom stereocenters. The van der Waals surface area contributed by atoms with E-state index in [0.29, 0.717) is 11.5 Å². The largest absolute Gasteiger partial charge is 0.319 e. The van der Waals surface area contributed by atoms with Crippen molar-refractivity contribution in [2.75, 3.05) is 46.3 Å². The zero-order chi connectivity index (χ0) is 12.9. The molecule has 0 radical (unpaired) electrons. The Bertz CT molecular complexity index is 220. The van der Waals surface area contributed by atoms with Gasteiger partial charge in [-0.05, 0) is 32.4 Å². The molecule has 2 unspecified atom stereocenters. The highest BCUT2D eigenvalue weighted by molar-refractivity contribution is 4.84. The van der Waals surface area contributed by atoms with Crippen molar-refractivity contribution in [3.05, 3.63) is 0 Å². The minimum atomic E-state index is 0.419. The van der Waals surface area contributed by atoms with Crippen molar-refractivity contribution >= 4 is 0 Å². The molecule has 17 heavy (non-hydrogen) atoms. The molecule has 3 nitrogen and oxygen atoms in total. The summed E-state index contributed by atoms with van der Waals surface area (Å²) < 4.78 is 0. The zero-order valence-corrected chi connectivity index (χ0v) is 12.4. The summed E-state index contributed by atoms with van der Waals surface area (Å²) in [5.41, 5.74) is 0.419. The fourth-order valence-electron chi connectivity index (χ4n) is 2.94. The van der Waals surface area contributed by atoms with E-state index in [1.165, 1.54) is 39.1 Å². The van der Waals surface area contributed by atoms with Crippen LogP contribution in [0.3, 0.4) is 0 Å². The molecule has 1 rings (SSSR count). The minimum absolute atomic E-state index is 0.419. The standard InChI is InChI=1S/C14H31N3/c1-6-14(4,11-15-5)12-16-8-9-17(7-2)13(3)10-16/h13,15H,6-12H2,1-5H3. The Hall–Kier alpha value is -0.120. The van der Waals surface area contributed by atoms with E-state index < -0.39 is 0 Å². The van der Waals surface area contributed by atoms with Crippen LogP contribution in [0.15, 0.2) is 0 Å². The lowest BCUT2D eigenvalue weighted by molar-refractivity contribution is 0.0570. The molecule has 1 heterocycles. The van der Waals surface area contributed by atoms with Crippen LogP contribution in [-0.2, 0) is 0 Å². The summed E-state index contributed by atoms with van der Waals surface area (Å²) in [4.78, 5) is 5.23. The number of piperazine rings is 1. The number of nitrogens with zero attached hydrogens (tertiary/aromatic N) is 2. The summed E-state index contributed by atoms with van der Waals surface area (Å²) in [7, 11) is 2.06. The first-order valence-corrected chi connectivity index (χ1v) is 7.15. The molecule has 1 fully saturated rings. The van der Waals surface area contributed by atoms with Crippen molar-refractivity contribution in [1.82, 2.24) is 15.1 Å². The Morgan fingerprint density at radius 1 is 1.29 bits per heavy atom. The molecule has 0 spiro atoms. The second kappa shape index (κ2) is 6.72. The second-order valence-electron chi connectivity index (χ2n) is 5.91. The predicted molar refractivity (Wildman–Crippen MR) is 75.5 cm³/mol. The van der Waals surface area contributed by atoms with E-state index in [0.717, 1.165) is 6.54 Å². The van der Waals surface area contributed by atoms with E-state index in [1.54, 1.807) is 0 Å². The molecule has 0 aromatic rings. The highest BCUT2D eigenvalue weighted by Crippen LogP contribution is 2.23. The molecule has 0 saturated carbocycles. The van der Waals surface area contributed by atoms with Crippen LogP contribution < -0.4 is 5.32 Å². The maximum Gasteiger partial charge on any atom is 0.0195 e. The van der Waals surface area contributed by atoms with Gasteiger partial charge in [-0.25, -0.2) is 0 Å². The van der Waals surface area contributed by atoms with Crippen LogP contribution in [0.2, 0.25) is 0 Å². The third kappa shape index (κ3) is 4.23. The molecule has 102 valence electrons. The van der Waals surface area contributed by atoms with Gasteiger partial charge in [-0.15, -0.1) is 0 Å². The van der Waals surface area contributed by atoms with Crippen molar-refractivity contribution in [1.29, 1.82) is 0 Å². The quantitative estimate of drug-likeness (QED) is 0.763. The fourth-order valence-corrected chi connectivity index (χ4v) is 2.94. The number of rotatable bonds is 6. The summed E-state index contributed by atoms with van der Waals surface area (Å²) in [5, 5.41) is 3.34. The molecule has 0 amide bonds. The van der Waals surface area contributed by atoms with Crippen LogP contribution in [-0.4, -0.2) is 62.2 Å². The van der Waals surface area contributed by atoms with Crippen LogP contribution in [0.1, 0.15) is 34.1 Å². The number of hydrogen-bond donors (Lipinski definition) is 1. The highest BCUT2D eigenvalue weighted by atomic mass is 15.3. The first-order chi connectivity index (χ1) is 8.04. The van der Waals surface area contributed by atoms with E-state index in [9.17, 15) is 0 Å². The summed E-state index contributed by atoms with van der Waals surface area (Å²) in [6.45, 7) is 16.6. The van der Waals surface area contributed by atoms with Gasteiger partial charge in [0.25, 0.3) is 0 Å². The molecule has 0 bridgehead atoms. The minimum Gasteiger partial charge on any atom is -0.319 e. The number of likely N-dealkylation sites (N-methyl/N-ethyl adjacent to an activating group) is 1. The Morgan fingerprint density at radius 3 is 2.47 bits per heavy atom. The van der Waals surface area contributed by atoms with Gasteiger partial charge in [-0.1, -0.05) is 20.8 Å². The van der Waals surface area contributed by atoms with Crippen LogP contribution >= 0.6 is 0 Å². The van der Waals surface area contributed by atoms with Crippen LogP contribution in [0.5, 0.6) is 0 Å². The average molecular weight is 241 g/mol. The fraction of sp³-hybridized carbons (Fsp3) is 1.00. The van der Waals surface area contributed by atoms with Crippen molar-refractivity contribution in [2.45, 2.75) is 40.2 Å². The Kier molecular flexibility index (Phi) is 5.90. The molecule has 0 aliphatic carbocycles. The Morgan fingerprint density at radius 2 is 2.00 bits per heavy atom. The second-order valence-corrected chi connectivity index (χ2v) is 5.91. The maximum atomic E-state index is 3.34. The first-order valence-electron chi connectivity index (χ1n) is 7.15. The molecular weight excluding hydrogens is 210 g/mol. The Balaban J connectivity index is 2.47. The smallest absolute Gasteiger partial charge is 0.0195 e. The average Bonchev–Trinajstić information content (AvgIpc) is 2.29. The lowest BCUT2D eigenvalue weighted by Crippen LogP contribution is -2.54. The van der Waals surface area contributed by atoms with Crippen LogP contribution in [0.25, 0.3) is 0 Å². The van der Waals surface area contributed by atoms with E-state index in [-0.39, 0.29) is 0 Å². The van der Waals surface area contributed by atoms with Gasteiger partial charge >= 0.3 is 0 Å². The van der Waals surface area contributed by atoms with E-state index in [2.05, 4.69) is 49.9 Å². The van der Waals surface area contributed by atoms with E-state index >= 15 is 0 Å². The van der Waals surface area contributed by atoms with Gasteiger partial charge in [0.05, 0.1) is 0 Å². The summed E-state index contributed by atoms with van der Waals surface area (Å²) >= 11 is 0. The molecule has 1 saturated heterocycles. The van der Waals surface area contributed by atoms with Crippen molar-refractivity contribution in [3.63, 3.8) is 0 Å². The molecule has 1 N–H and O–H groups in total. The van der Waals surface area contributed by atoms with Crippen LogP contribution in [0, 0.1) is 5.41 Å². The van der Waals surface area contributed by atoms with Gasteiger partial charge in [-0.2, -0.15) is 0 Å². The van der Waals surface area contributed by atoms with Gasteiger partial charge in [0.15, 0.2) is 0 Å². The van der Waals surface area contributed by atoms with Gasteiger partial charge in [-0.3, -0.25) is 9.80 Å². The SMILES string of the molecule is CCN1CCN(CC(C)(CC)CNC)CC1C. The third-order valence-electron chi connectivity index (χ3n) is 4.32. The van der Waals surface area contributed by atoms with Gasteiger partial charge in [0.1, 0.15) is 0 Å². The predicted octanol–water partition coefficient (Wildman–Crippen LogP) is 1.65. The summed E-state index contributed by atoms with van der Waals surface area (Å²) in [6, 6.07) is 0.712. The monoisotopic (exact) mass is 241 g/mol. The molecule has 0 aromatic carbocycles. The van der Waals surface area contributed by atoms with Crippen LogP contribution in [0.4, 0.5) is 0 Å². The first kappa shape index (κ1) is 14.9. The van der Waals surface area contributed by atoms with Gasteiger partial charge < -0.3 is 5.32 Å². The summed E-state index contributed by atoms with van der Waals surface area (Å²) in [5.74, 6) is 0. The topological polar surface area (TPSA) is 18.5 Å².